The number of amides is 4. The molecule has 1 aromatic heterocycles. The molecule has 4 amide bonds. The van der Waals surface area contributed by atoms with Crippen molar-refractivity contribution in [2.24, 2.45) is 0 Å². The van der Waals surface area contributed by atoms with E-state index < -0.39 is 35.0 Å². The monoisotopic (exact) mass is 481 g/mol. The molecular formula is C21H18F3N3O3S2. The maximum Gasteiger partial charge on any atom is 0.416 e. The zero-order valence-corrected chi connectivity index (χ0v) is 18.2. The molecule has 1 N–H and O–H groups in total. The molecule has 4 rings (SSSR count). The molecule has 2 aliphatic heterocycles. The van der Waals surface area contributed by atoms with Gasteiger partial charge in [0.25, 0.3) is 0 Å². The number of urea groups is 1. The summed E-state index contributed by atoms with van der Waals surface area (Å²) in [5.74, 6) is -0.949. The number of thiophene rings is 1. The first-order chi connectivity index (χ1) is 15.2. The summed E-state index contributed by atoms with van der Waals surface area (Å²) in [6.07, 6.45) is -2.33. The van der Waals surface area contributed by atoms with Gasteiger partial charge in [0.2, 0.25) is 11.8 Å². The Morgan fingerprint density at radius 2 is 1.97 bits per heavy atom. The number of halogens is 3. The number of hydrogen-bond acceptors (Lipinski definition) is 5. The van der Waals surface area contributed by atoms with E-state index in [9.17, 15) is 27.6 Å². The number of anilines is 1. The molecular weight excluding hydrogens is 463 g/mol. The fourth-order valence-electron chi connectivity index (χ4n) is 3.58. The van der Waals surface area contributed by atoms with E-state index in [4.69, 9.17) is 0 Å². The second kappa shape index (κ2) is 8.99. The Morgan fingerprint density at radius 1 is 1.16 bits per heavy atom. The Bertz CT molecular complexity index is 1060. The molecule has 2 aliphatic rings. The lowest BCUT2D eigenvalue weighted by atomic mass is 10.1. The van der Waals surface area contributed by atoms with Gasteiger partial charge >= 0.3 is 12.2 Å². The smallest absolute Gasteiger partial charge is 0.325 e. The minimum Gasteiger partial charge on any atom is -0.325 e. The van der Waals surface area contributed by atoms with Gasteiger partial charge in [-0.15, -0.1) is 23.1 Å². The first-order valence-electron chi connectivity index (χ1n) is 9.67. The molecule has 1 fully saturated rings. The van der Waals surface area contributed by atoms with Gasteiger partial charge in [-0.1, -0.05) is 18.2 Å². The number of benzene rings is 1. The predicted octanol–water partition coefficient (Wildman–Crippen LogP) is 4.21. The van der Waals surface area contributed by atoms with Gasteiger partial charge in [0.1, 0.15) is 11.8 Å². The summed E-state index contributed by atoms with van der Waals surface area (Å²) in [5, 5.41) is 5.51. The van der Waals surface area contributed by atoms with Crippen LogP contribution in [0.1, 0.15) is 10.4 Å². The average Bonchev–Trinajstić information content (AvgIpc) is 3.43. The Balaban J connectivity index is 1.47. The van der Waals surface area contributed by atoms with E-state index in [1.807, 2.05) is 17.5 Å². The van der Waals surface area contributed by atoms with Crippen LogP contribution in [0.3, 0.4) is 0 Å². The van der Waals surface area contributed by atoms with Crippen LogP contribution in [-0.4, -0.2) is 52.0 Å². The molecule has 0 radical (unpaired) electrons. The lowest BCUT2D eigenvalue weighted by Crippen LogP contribution is -2.63. The number of nitrogens with one attached hydrogen (secondary N) is 1. The number of alkyl halides is 3. The molecule has 2 unspecified atom stereocenters. The van der Waals surface area contributed by atoms with Crippen molar-refractivity contribution in [1.82, 2.24) is 9.80 Å². The van der Waals surface area contributed by atoms with Crippen molar-refractivity contribution in [3.63, 3.8) is 0 Å². The average molecular weight is 482 g/mol. The summed E-state index contributed by atoms with van der Waals surface area (Å²) in [5.41, 5.74) is -0.905. The second-order valence-corrected chi connectivity index (χ2v) is 9.32. The highest BCUT2D eigenvalue weighted by Gasteiger charge is 2.47. The molecule has 32 heavy (non-hydrogen) atoms. The van der Waals surface area contributed by atoms with Gasteiger partial charge in [0.05, 0.1) is 11.6 Å². The van der Waals surface area contributed by atoms with Crippen LogP contribution in [0.4, 0.5) is 23.7 Å². The van der Waals surface area contributed by atoms with Crippen molar-refractivity contribution in [3.8, 4) is 0 Å². The van der Waals surface area contributed by atoms with Crippen LogP contribution in [0.5, 0.6) is 0 Å². The number of carbonyl (C=O) groups is 3. The maximum atomic E-state index is 13.1. The number of imide groups is 1. The molecule has 0 saturated carbocycles. The molecule has 2 aromatic rings. The molecule has 6 nitrogen and oxygen atoms in total. The van der Waals surface area contributed by atoms with Crippen LogP contribution in [0.2, 0.25) is 0 Å². The summed E-state index contributed by atoms with van der Waals surface area (Å²) in [4.78, 5) is 42.0. The highest BCUT2D eigenvalue weighted by atomic mass is 32.2. The van der Waals surface area contributed by atoms with Gasteiger partial charge < -0.3 is 10.2 Å². The molecule has 0 spiro atoms. The highest BCUT2D eigenvalue weighted by Crippen LogP contribution is 2.35. The summed E-state index contributed by atoms with van der Waals surface area (Å²) >= 11 is 2.81. The Morgan fingerprint density at radius 3 is 2.69 bits per heavy atom. The SMILES string of the molecule is O=C(CN1C(=O)N(CCc2cccs2)C(=O)C2SC=CC21)Nc1cccc(C(F)(F)F)c1. The third-order valence-electron chi connectivity index (χ3n) is 5.11. The minimum absolute atomic E-state index is 0.0206. The van der Waals surface area contributed by atoms with Crippen molar-refractivity contribution >= 4 is 46.6 Å². The number of thioether (sulfide) groups is 1. The summed E-state index contributed by atoms with van der Waals surface area (Å²) in [6, 6.07) is 6.92. The normalized spacial score (nSPS) is 20.6. The van der Waals surface area contributed by atoms with Crippen molar-refractivity contribution in [2.75, 3.05) is 18.4 Å². The summed E-state index contributed by atoms with van der Waals surface area (Å²) in [6.45, 7) is -0.197. The molecule has 1 saturated heterocycles. The number of fused-ring (bicyclic) bond motifs is 1. The highest BCUT2D eigenvalue weighted by molar-refractivity contribution is 8.03. The zero-order valence-electron chi connectivity index (χ0n) is 16.5. The van der Waals surface area contributed by atoms with E-state index in [2.05, 4.69) is 5.32 Å². The first-order valence-corrected chi connectivity index (χ1v) is 11.5. The van der Waals surface area contributed by atoms with Gasteiger partial charge in [-0.3, -0.25) is 14.5 Å². The van der Waals surface area contributed by atoms with Gasteiger partial charge in [-0.2, -0.15) is 13.2 Å². The van der Waals surface area contributed by atoms with E-state index in [-0.39, 0.29) is 24.7 Å². The summed E-state index contributed by atoms with van der Waals surface area (Å²) in [7, 11) is 0. The Labute approximate surface area is 190 Å². The van der Waals surface area contributed by atoms with Gasteiger partial charge in [-0.05, 0) is 41.5 Å². The molecule has 11 heteroatoms. The topological polar surface area (TPSA) is 69.7 Å². The fourth-order valence-corrected chi connectivity index (χ4v) is 5.34. The number of hydrogen-bond donors (Lipinski definition) is 1. The van der Waals surface area contributed by atoms with Crippen LogP contribution < -0.4 is 5.32 Å². The third kappa shape index (κ3) is 4.68. The van der Waals surface area contributed by atoms with Crippen molar-refractivity contribution in [1.29, 1.82) is 0 Å². The van der Waals surface area contributed by atoms with E-state index >= 15 is 0 Å². The largest absolute Gasteiger partial charge is 0.416 e. The lowest BCUT2D eigenvalue weighted by molar-refractivity contribution is -0.137. The molecule has 2 atom stereocenters. The van der Waals surface area contributed by atoms with Crippen LogP contribution in [-0.2, 0) is 22.2 Å². The van der Waals surface area contributed by atoms with E-state index in [1.54, 1.807) is 11.5 Å². The van der Waals surface area contributed by atoms with Crippen molar-refractivity contribution < 1.29 is 27.6 Å². The van der Waals surface area contributed by atoms with Crippen molar-refractivity contribution in [2.45, 2.75) is 23.9 Å². The van der Waals surface area contributed by atoms with E-state index in [1.165, 1.54) is 40.1 Å². The lowest BCUT2D eigenvalue weighted by Gasteiger charge is -2.40. The number of nitrogens with zero attached hydrogens (tertiary/aromatic N) is 2. The minimum atomic E-state index is -4.54. The van der Waals surface area contributed by atoms with Gasteiger partial charge in [-0.25, -0.2) is 4.79 Å². The Kier molecular flexibility index (Phi) is 6.29. The third-order valence-corrected chi connectivity index (χ3v) is 7.13. The number of carbonyl (C=O) groups excluding carboxylic acids is 3. The van der Waals surface area contributed by atoms with Crippen LogP contribution >= 0.6 is 23.1 Å². The molecule has 1 aromatic carbocycles. The molecule has 0 aliphatic carbocycles. The van der Waals surface area contributed by atoms with E-state index in [0.717, 1.165) is 21.9 Å². The predicted molar refractivity (Wildman–Crippen MR) is 116 cm³/mol. The van der Waals surface area contributed by atoms with Gasteiger partial charge in [0, 0.05) is 17.1 Å². The van der Waals surface area contributed by atoms with Crippen LogP contribution in [0, 0.1) is 0 Å². The first kappa shape index (κ1) is 22.4. The standard InChI is InChI=1S/C21H18F3N3O3S2/c22-21(23,24)13-3-1-4-14(11-13)25-17(28)12-27-16-7-10-32-18(16)19(29)26(20(27)30)8-6-15-5-2-9-31-15/h1-5,7,9-11,16,18H,6,8,12H2,(H,25,28). The quantitative estimate of drug-likeness (QED) is 0.671. The second-order valence-electron chi connectivity index (χ2n) is 7.23. The van der Waals surface area contributed by atoms with Crippen LogP contribution in [0.25, 0.3) is 0 Å². The number of rotatable bonds is 6. The molecule has 3 heterocycles. The summed E-state index contributed by atoms with van der Waals surface area (Å²) < 4.78 is 38.8. The fraction of sp³-hybridized carbons (Fsp3) is 0.286. The molecule has 0 bridgehead atoms. The maximum absolute atomic E-state index is 13.1. The molecule has 168 valence electrons. The zero-order chi connectivity index (χ0) is 22.9. The van der Waals surface area contributed by atoms with Crippen LogP contribution in [0.15, 0.2) is 53.3 Å². The van der Waals surface area contributed by atoms with Crippen molar-refractivity contribution in [3.05, 3.63) is 63.7 Å². The van der Waals surface area contributed by atoms with Gasteiger partial charge in [0.15, 0.2) is 0 Å². The van der Waals surface area contributed by atoms with E-state index in [0.29, 0.717) is 6.42 Å². The Hall–Kier alpha value is -2.79.